The van der Waals surface area contributed by atoms with Gasteiger partial charge in [0.1, 0.15) is 0 Å². The zero-order valence-corrected chi connectivity index (χ0v) is 18.8. The SMILES string of the molecule is CCN(CCc1ccccc1)C(=O)c1cccc(S(=O)(=O)N(C)C2CCCCC2)c1. The fourth-order valence-electron chi connectivity index (χ4n) is 4.09. The van der Waals surface area contributed by atoms with Gasteiger partial charge in [-0.2, -0.15) is 4.31 Å². The van der Waals surface area contributed by atoms with Crippen molar-refractivity contribution >= 4 is 15.9 Å². The van der Waals surface area contributed by atoms with Crippen molar-refractivity contribution in [3.63, 3.8) is 0 Å². The van der Waals surface area contributed by atoms with Gasteiger partial charge in [-0.05, 0) is 49.9 Å². The normalized spacial score (nSPS) is 15.3. The number of carbonyl (C=O) groups is 1. The van der Waals surface area contributed by atoms with E-state index in [2.05, 4.69) is 0 Å². The van der Waals surface area contributed by atoms with Gasteiger partial charge in [0.2, 0.25) is 10.0 Å². The van der Waals surface area contributed by atoms with Gasteiger partial charge in [-0.3, -0.25) is 4.79 Å². The molecular weight excluding hydrogens is 396 g/mol. The Morgan fingerprint density at radius 2 is 1.70 bits per heavy atom. The van der Waals surface area contributed by atoms with Crippen LogP contribution in [-0.4, -0.2) is 49.7 Å². The molecule has 0 radical (unpaired) electrons. The smallest absolute Gasteiger partial charge is 0.253 e. The molecule has 6 heteroatoms. The summed E-state index contributed by atoms with van der Waals surface area (Å²) in [6.45, 7) is 3.11. The van der Waals surface area contributed by atoms with Gasteiger partial charge >= 0.3 is 0 Å². The van der Waals surface area contributed by atoms with E-state index in [1.807, 2.05) is 37.3 Å². The van der Waals surface area contributed by atoms with Gasteiger partial charge in [0, 0.05) is 31.7 Å². The summed E-state index contributed by atoms with van der Waals surface area (Å²) in [7, 11) is -1.96. The lowest BCUT2D eigenvalue weighted by molar-refractivity contribution is 0.0766. The van der Waals surface area contributed by atoms with Crippen molar-refractivity contribution in [1.82, 2.24) is 9.21 Å². The van der Waals surface area contributed by atoms with Crippen molar-refractivity contribution in [2.45, 2.75) is 56.4 Å². The molecule has 0 spiro atoms. The molecule has 1 aliphatic rings. The van der Waals surface area contributed by atoms with Crippen molar-refractivity contribution in [2.75, 3.05) is 20.1 Å². The summed E-state index contributed by atoms with van der Waals surface area (Å²) in [5, 5.41) is 0. The number of hydrogen-bond donors (Lipinski definition) is 0. The van der Waals surface area contributed by atoms with Crippen molar-refractivity contribution in [2.24, 2.45) is 0 Å². The van der Waals surface area contributed by atoms with Crippen LogP contribution in [0.5, 0.6) is 0 Å². The Bertz CT molecular complexity index is 938. The van der Waals surface area contributed by atoms with E-state index in [1.54, 1.807) is 30.1 Å². The second-order valence-electron chi connectivity index (χ2n) is 7.96. The number of carbonyl (C=O) groups excluding carboxylic acids is 1. The lowest BCUT2D eigenvalue weighted by Gasteiger charge is -2.30. The van der Waals surface area contributed by atoms with E-state index >= 15 is 0 Å². The second kappa shape index (κ2) is 10.2. The number of hydrogen-bond acceptors (Lipinski definition) is 3. The molecular formula is C24H32N2O3S. The van der Waals surface area contributed by atoms with Crippen LogP contribution in [0.1, 0.15) is 54.9 Å². The van der Waals surface area contributed by atoms with Gasteiger partial charge in [0.05, 0.1) is 4.90 Å². The largest absolute Gasteiger partial charge is 0.339 e. The third kappa shape index (κ3) is 5.29. The van der Waals surface area contributed by atoms with Crippen molar-refractivity contribution < 1.29 is 13.2 Å². The summed E-state index contributed by atoms with van der Waals surface area (Å²) in [5.41, 5.74) is 1.59. The summed E-state index contributed by atoms with van der Waals surface area (Å²) in [6, 6.07) is 16.6. The molecule has 2 aromatic rings. The Balaban J connectivity index is 1.74. The monoisotopic (exact) mass is 428 g/mol. The van der Waals surface area contributed by atoms with Gasteiger partial charge in [-0.1, -0.05) is 55.7 Å². The van der Waals surface area contributed by atoms with Gasteiger partial charge in [-0.15, -0.1) is 0 Å². The maximum Gasteiger partial charge on any atom is 0.253 e. The van der Waals surface area contributed by atoms with Crippen LogP contribution in [0.3, 0.4) is 0 Å². The molecule has 0 aliphatic heterocycles. The van der Waals surface area contributed by atoms with Gasteiger partial charge in [-0.25, -0.2) is 8.42 Å². The molecule has 0 unspecified atom stereocenters. The van der Waals surface area contributed by atoms with Crippen molar-refractivity contribution in [1.29, 1.82) is 0 Å². The molecule has 0 atom stereocenters. The van der Waals surface area contributed by atoms with E-state index in [0.29, 0.717) is 18.7 Å². The van der Waals surface area contributed by atoms with E-state index < -0.39 is 10.0 Å². The van der Waals surface area contributed by atoms with Crippen LogP contribution in [-0.2, 0) is 16.4 Å². The highest BCUT2D eigenvalue weighted by molar-refractivity contribution is 7.89. The minimum atomic E-state index is -3.62. The lowest BCUT2D eigenvalue weighted by atomic mass is 9.96. The molecule has 1 saturated carbocycles. The maximum atomic E-state index is 13.2. The maximum absolute atomic E-state index is 13.2. The molecule has 0 heterocycles. The van der Waals surface area contributed by atoms with Crippen LogP contribution < -0.4 is 0 Å². The Morgan fingerprint density at radius 1 is 1.00 bits per heavy atom. The van der Waals surface area contributed by atoms with Gasteiger partial charge in [0.15, 0.2) is 0 Å². The molecule has 3 rings (SSSR count). The van der Waals surface area contributed by atoms with Crippen LogP contribution in [0.25, 0.3) is 0 Å². The molecule has 0 saturated heterocycles. The third-order valence-electron chi connectivity index (χ3n) is 6.03. The van der Waals surface area contributed by atoms with Crippen molar-refractivity contribution in [3.05, 3.63) is 65.7 Å². The topological polar surface area (TPSA) is 57.7 Å². The first-order valence-corrected chi connectivity index (χ1v) is 12.3. The first kappa shape index (κ1) is 22.5. The number of benzene rings is 2. The molecule has 1 fully saturated rings. The second-order valence-corrected chi connectivity index (χ2v) is 9.96. The highest BCUT2D eigenvalue weighted by Gasteiger charge is 2.29. The predicted octanol–water partition coefficient (Wildman–Crippen LogP) is 4.34. The Labute approximate surface area is 180 Å². The molecule has 0 bridgehead atoms. The fraction of sp³-hybridized carbons (Fsp3) is 0.458. The number of amides is 1. The molecule has 2 aromatic carbocycles. The third-order valence-corrected chi connectivity index (χ3v) is 7.94. The highest BCUT2D eigenvalue weighted by Crippen LogP contribution is 2.27. The summed E-state index contributed by atoms with van der Waals surface area (Å²) in [4.78, 5) is 15.0. The summed E-state index contributed by atoms with van der Waals surface area (Å²) < 4.78 is 27.8. The zero-order valence-electron chi connectivity index (χ0n) is 18.0. The first-order chi connectivity index (χ1) is 14.4. The minimum absolute atomic E-state index is 0.0427. The number of nitrogens with zero attached hydrogens (tertiary/aromatic N) is 2. The quantitative estimate of drug-likeness (QED) is 0.628. The average Bonchev–Trinajstić information content (AvgIpc) is 2.80. The molecule has 1 aliphatic carbocycles. The van der Waals surface area contributed by atoms with E-state index in [1.165, 1.54) is 22.4 Å². The summed E-state index contributed by atoms with van der Waals surface area (Å²) in [6.07, 6.45) is 5.87. The van der Waals surface area contributed by atoms with E-state index in [4.69, 9.17) is 0 Å². The molecule has 1 amide bonds. The molecule has 0 N–H and O–H groups in total. The van der Waals surface area contributed by atoms with E-state index in [0.717, 1.165) is 32.1 Å². The molecule has 162 valence electrons. The van der Waals surface area contributed by atoms with Gasteiger partial charge in [0.25, 0.3) is 5.91 Å². The van der Waals surface area contributed by atoms with Crippen LogP contribution in [0.2, 0.25) is 0 Å². The summed E-state index contributed by atoms with van der Waals surface area (Å²) >= 11 is 0. The van der Waals surface area contributed by atoms with E-state index in [-0.39, 0.29) is 16.8 Å². The minimum Gasteiger partial charge on any atom is -0.339 e. The van der Waals surface area contributed by atoms with Crippen LogP contribution >= 0.6 is 0 Å². The predicted molar refractivity (Wildman–Crippen MR) is 120 cm³/mol. The van der Waals surface area contributed by atoms with Crippen LogP contribution in [0.15, 0.2) is 59.5 Å². The Hall–Kier alpha value is -2.18. The lowest BCUT2D eigenvalue weighted by Crippen LogP contribution is -2.38. The zero-order chi connectivity index (χ0) is 21.6. The molecule has 30 heavy (non-hydrogen) atoms. The molecule has 0 aromatic heterocycles. The number of sulfonamides is 1. The van der Waals surface area contributed by atoms with E-state index in [9.17, 15) is 13.2 Å². The van der Waals surface area contributed by atoms with Crippen LogP contribution in [0, 0.1) is 0 Å². The molecule has 5 nitrogen and oxygen atoms in total. The van der Waals surface area contributed by atoms with Crippen molar-refractivity contribution in [3.8, 4) is 0 Å². The summed E-state index contributed by atoms with van der Waals surface area (Å²) in [5.74, 6) is -0.134. The number of likely N-dealkylation sites (N-methyl/N-ethyl adjacent to an activating group) is 1. The number of rotatable bonds is 8. The fourth-order valence-corrected chi connectivity index (χ4v) is 5.55. The first-order valence-electron chi connectivity index (χ1n) is 10.8. The Morgan fingerprint density at radius 3 is 2.37 bits per heavy atom. The van der Waals surface area contributed by atoms with Crippen LogP contribution in [0.4, 0.5) is 0 Å². The average molecular weight is 429 g/mol. The highest BCUT2D eigenvalue weighted by atomic mass is 32.2. The van der Waals surface area contributed by atoms with Gasteiger partial charge < -0.3 is 4.90 Å². The standard InChI is InChI=1S/C24H32N2O3S/c1-3-26(18-17-20-11-6-4-7-12-20)24(27)21-13-10-16-23(19-21)30(28,29)25(2)22-14-8-5-9-15-22/h4,6-7,10-13,16,19,22H,3,5,8-9,14-15,17-18H2,1-2H3. The Kier molecular flexibility index (Phi) is 7.67.